The monoisotopic (exact) mass is 286 g/mol. The third-order valence-electron chi connectivity index (χ3n) is 3.85. The molecule has 1 aromatic carbocycles. The number of fused-ring (bicyclic) bond motifs is 7. The summed E-state index contributed by atoms with van der Waals surface area (Å²) in [7, 11) is 0. The summed E-state index contributed by atoms with van der Waals surface area (Å²) >= 11 is 0. The molecule has 1 aliphatic heterocycles. The van der Waals surface area contributed by atoms with Crippen LogP contribution in [-0.4, -0.2) is 26.3 Å². The molecule has 0 saturated carbocycles. The van der Waals surface area contributed by atoms with Gasteiger partial charge in [-0.25, -0.2) is 9.97 Å². The Kier molecular flexibility index (Phi) is 2.18. The summed E-state index contributed by atoms with van der Waals surface area (Å²) in [6.07, 6.45) is 5.21. The number of pyridine rings is 2. The van der Waals surface area contributed by atoms with Gasteiger partial charge >= 0.3 is 0 Å². The van der Waals surface area contributed by atoms with Gasteiger partial charge in [0.25, 0.3) is 0 Å². The van der Waals surface area contributed by atoms with Crippen molar-refractivity contribution in [3.63, 3.8) is 0 Å². The zero-order valence-corrected chi connectivity index (χ0v) is 11.5. The lowest BCUT2D eigenvalue weighted by molar-refractivity contribution is 0.982. The predicted octanol–water partition coefficient (Wildman–Crippen LogP) is 2.68. The molecule has 0 aliphatic carbocycles. The van der Waals surface area contributed by atoms with E-state index >= 15 is 0 Å². The van der Waals surface area contributed by atoms with Gasteiger partial charge < -0.3 is 5.32 Å². The highest BCUT2D eigenvalue weighted by Gasteiger charge is 2.16. The Bertz CT molecular complexity index is 1000. The molecule has 6 nitrogen and oxygen atoms in total. The number of benzene rings is 1. The van der Waals surface area contributed by atoms with Crippen molar-refractivity contribution < 1.29 is 0 Å². The van der Waals surface area contributed by atoms with Gasteiger partial charge in [0, 0.05) is 23.2 Å². The van der Waals surface area contributed by atoms with Gasteiger partial charge in [-0.2, -0.15) is 0 Å². The molecule has 0 unspecified atom stereocenters. The largest absolute Gasteiger partial charge is 0.330 e. The SMILES string of the molecule is C1=NCc2nc3c4cccnc4c4ncccc4c3nc2N1. The minimum atomic E-state index is 0.540. The van der Waals surface area contributed by atoms with Crippen LogP contribution in [0.5, 0.6) is 0 Å². The highest BCUT2D eigenvalue weighted by Crippen LogP contribution is 2.32. The molecule has 6 heteroatoms. The summed E-state index contributed by atoms with van der Waals surface area (Å²) in [6, 6.07) is 7.84. The van der Waals surface area contributed by atoms with Crippen molar-refractivity contribution in [2.24, 2.45) is 4.99 Å². The van der Waals surface area contributed by atoms with Crippen molar-refractivity contribution in [2.75, 3.05) is 5.32 Å². The molecule has 1 N–H and O–H groups in total. The van der Waals surface area contributed by atoms with Crippen molar-refractivity contribution in [1.29, 1.82) is 0 Å². The smallest absolute Gasteiger partial charge is 0.155 e. The van der Waals surface area contributed by atoms with E-state index in [2.05, 4.69) is 20.3 Å². The van der Waals surface area contributed by atoms with E-state index in [1.807, 2.05) is 24.3 Å². The first-order valence-corrected chi connectivity index (χ1v) is 6.99. The van der Waals surface area contributed by atoms with Crippen LogP contribution in [0.2, 0.25) is 0 Å². The van der Waals surface area contributed by atoms with E-state index in [0.717, 1.165) is 44.4 Å². The van der Waals surface area contributed by atoms with E-state index in [-0.39, 0.29) is 0 Å². The lowest BCUT2D eigenvalue weighted by atomic mass is 10.1. The molecular weight excluding hydrogens is 276 g/mol. The molecule has 0 atom stereocenters. The van der Waals surface area contributed by atoms with Crippen LogP contribution in [0.1, 0.15) is 5.69 Å². The van der Waals surface area contributed by atoms with E-state index < -0.39 is 0 Å². The van der Waals surface area contributed by atoms with Gasteiger partial charge in [-0.3, -0.25) is 15.0 Å². The Labute approximate surface area is 125 Å². The standard InChI is InChI=1S/C16H10N6/c1-3-9-12(18-5-1)13-10(4-2-6-19-13)15-14(9)21-11-7-17-8-20-16(11)22-15/h1-6,8H,7H2,(H,17,20,22). The summed E-state index contributed by atoms with van der Waals surface area (Å²) in [4.78, 5) is 22.7. The van der Waals surface area contributed by atoms with Gasteiger partial charge in [0.1, 0.15) is 11.2 Å². The van der Waals surface area contributed by atoms with Gasteiger partial charge in [0.05, 0.1) is 29.4 Å². The van der Waals surface area contributed by atoms with Crippen molar-refractivity contribution in [3.8, 4) is 0 Å². The van der Waals surface area contributed by atoms with Crippen LogP contribution in [-0.2, 0) is 6.54 Å². The summed E-state index contributed by atoms with van der Waals surface area (Å²) in [6.45, 7) is 0.540. The lowest BCUT2D eigenvalue weighted by Crippen LogP contribution is -2.10. The molecule has 0 fully saturated rings. The summed E-state index contributed by atoms with van der Waals surface area (Å²) < 4.78 is 0. The number of aromatic nitrogens is 4. The lowest BCUT2D eigenvalue weighted by Gasteiger charge is -2.13. The van der Waals surface area contributed by atoms with Crippen LogP contribution < -0.4 is 5.32 Å². The number of rotatable bonds is 0. The normalized spacial score (nSPS) is 13.5. The van der Waals surface area contributed by atoms with Gasteiger partial charge in [0.2, 0.25) is 0 Å². The van der Waals surface area contributed by atoms with Crippen molar-refractivity contribution in [1.82, 2.24) is 19.9 Å². The maximum absolute atomic E-state index is 4.79. The molecule has 0 spiro atoms. The predicted molar refractivity (Wildman–Crippen MR) is 86.0 cm³/mol. The average molecular weight is 286 g/mol. The second-order valence-corrected chi connectivity index (χ2v) is 5.13. The first kappa shape index (κ1) is 11.5. The van der Waals surface area contributed by atoms with E-state index in [4.69, 9.17) is 9.97 Å². The molecule has 4 heterocycles. The topological polar surface area (TPSA) is 76.0 Å². The Morgan fingerprint density at radius 3 is 2.23 bits per heavy atom. The van der Waals surface area contributed by atoms with Gasteiger partial charge in [0.15, 0.2) is 5.82 Å². The number of anilines is 1. The number of nitrogens with one attached hydrogen (secondary N) is 1. The molecule has 1 aliphatic rings. The first-order chi connectivity index (χ1) is 10.9. The summed E-state index contributed by atoms with van der Waals surface area (Å²) in [5.41, 5.74) is 4.24. The second-order valence-electron chi connectivity index (χ2n) is 5.13. The van der Waals surface area contributed by atoms with Crippen LogP contribution in [0.3, 0.4) is 0 Å². The van der Waals surface area contributed by atoms with E-state index in [1.54, 1.807) is 18.7 Å². The second kappa shape index (κ2) is 4.17. The maximum atomic E-state index is 4.79. The Morgan fingerprint density at radius 2 is 1.50 bits per heavy atom. The molecule has 4 aromatic rings. The molecule has 0 bridgehead atoms. The van der Waals surface area contributed by atoms with Crippen molar-refractivity contribution in [2.45, 2.75) is 6.54 Å². The molecular formula is C16H10N6. The van der Waals surface area contributed by atoms with Crippen LogP contribution >= 0.6 is 0 Å². The molecule has 0 saturated heterocycles. The number of hydrogen-bond donors (Lipinski definition) is 1. The highest BCUT2D eigenvalue weighted by atomic mass is 15.1. The number of nitrogens with zero attached hydrogens (tertiary/aromatic N) is 5. The fourth-order valence-electron chi connectivity index (χ4n) is 2.88. The molecule has 5 rings (SSSR count). The first-order valence-electron chi connectivity index (χ1n) is 6.99. The van der Waals surface area contributed by atoms with E-state index in [1.165, 1.54) is 0 Å². The summed E-state index contributed by atoms with van der Waals surface area (Å²) in [5, 5.41) is 4.99. The van der Waals surface area contributed by atoms with Crippen LogP contribution in [0.15, 0.2) is 41.7 Å². The van der Waals surface area contributed by atoms with Gasteiger partial charge in [-0.15, -0.1) is 0 Å². The maximum Gasteiger partial charge on any atom is 0.155 e. The molecule has 0 radical (unpaired) electrons. The fraction of sp³-hybridized carbons (Fsp3) is 0.0625. The van der Waals surface area contributed by atoms with Crippen LogP contribution in [0, 0.1) is 0 Å². The zero-order valence-electron chi connectivity index (χ0n) is 11.5. The van der Waals surface area contributed by atoms with E-state index in [0.29, 0.717) is 6.54 Å². The Balaban J connectivity index is 2.07. The van der Waals surface area contributed by atoms with E-state index in [9.17, 15) is 0 Å². The third-order valence-corrected chi connectivity index (χ3v) is 3.85. The van der Waals surface area contributed by atoms with Gasteiger partial charge in [-0.05, 0) is 24.3 Å². The molecule has 104 valence electrons. The Hall–Kier alpha value is -3.15. The minimum absolute atomic E-state index is 0.540. The number of aliphatic imine (C=N–C) groups is 1. The third kappa shape index (κ3) is 1.46. The fourth-order valence-corrected chi connectivity index (χ4v) is 2.88. The zero-order chi connectivity index (χ0) is 14.5. The van der Waals surface area contributed by atoms with Crippen LogP contribution in [0.25, 0.3) is 32.8 Å². The number of hydrogen-bond acceptors (Lipinski definition) is 6. The molecule has 0 amide bonds. The van der Waals surface area contributed by atoms with Crippen molar-refractivity contribution >= 4 is 45.0 Å². The van der Waals surface area contributed by atoms with Gasteiger partial charge in [-0.1, -0.05) is 0 Å². The average Bonchev–Trinajstić information content (AvgIpc) is 2.61. The minimum Gasteiger partial charge on any atom is -0.330 e. The quantitative estimate of drug-likeness (QED) is 0.503. The summed E-state index contributed by atoms with van der Waals surface area (Å²) in [5.74, 6) is 0.760. The highest BCUT2D eigenvalue weighted by molar-refractivity contribution is 6.20. The molecule has 3 aromatic heterocycles. The van der Waals surface area contributed by atoms with Crippen LogP contribution in [0.4, 0.5) is 5.82 Å². The van der Waals surface area contributed by atoms with Crippen molar-refractivity contribution in [3.05, 3.63) is 42.4 Å². The molecule has 22 heavy (non-hydrogen) atoms. The Morgan fingerprint density at radius 1 is 0.818 bits per heavy atom.